The van der Waals surface area contributed by atoms with Crippen LogP contribution in [-0.2, 0) is 10.2 Å². The Morgan fingerprint density at radius 3 is 2.50 bits per heavy atom. The molecule has 0 aliphatic heterocycles. The first-order valence-electron chi connectivity index (χ1n) is 9.07. The normalized spacial score (nSPS) is 15.5. The van der Waals surface area contributed by atoms with Crippen molar-refractivity contribution >= 4 is 11.6 Å². The van der Waals surface area contributed by atoms with Crippen molar-refractivity contribution in [3.05, 3.63) is 54.1 Å². The Hall–Kier alpha value is -2.53. The Morgan fingerprint density at radius 2 is 1.85 bits per heavy atom. The van der Waals surface area contributed by atoms with Crippen LogP contribution >= 0.6 is 0 Å². The Morgan fingerprint density at radius 1 is 1.12 bits per heavy atom. The summed E-state index contributed by atoms with van der Waals surface area (Å²) in [5.41, 5.74) is 6.74. The van der Waals surface area contributed by atoms with Gasteiger partial charge in [-0.3, -0.25) is 4.79 Å². The number of methoxy groups -OCH3 is 1. The molecule has 5 nitrogen and oxygen atoms in total. The highest BCUT2D eigenvalue weighted by molar-refractivity contribution is 5.99. The minimum absolute atomic E-state index is 0.0406. The van der Waals surface area contributed by atoms with E-state index in [-0.39, 0.29) is 5.91 Å². The van der Waals surface area contributed by atoms with Gasteiger partial charge in [0, 0.05) is 12.2 Å². The molecule has 1 aliphatic rings. The molecule has 5 heteroatoms. The van der Waals surface area contributed by atoms with Crippen molar-refractivity contribution in [3.8, 4) is 11.5 Å². The van der Waals surface area contributed by atoms with Gasteiger partial charge in [-0.1, -0.05) is 25.0 Å². The maximum atomic E-state index is 13.2. The monoisotopic (exact) mass is 354 g/mol. The lowest BCUT2D eigenvalue weighted by Crippen LogP contribution is -2.38. The number of rotatable bonds is 7. The summed E-state index contributed by atoms with van der Waals surface area (Å²) in [6, 6.07) is 15.3. The van der Waals surface area contributed by atoms with E-state index >= 15 is 0 Å². The molecule has 0 unspecified atom stereocenters. The number of amides is 1. The van der Waals surface area contributed by atoms with Crippen LogP contribution in [0.4, 0.5) is 5.69 Å². The molecule has 2 aromatic carbocycles. The van der Waals surface area contributed by atoms with Crippen LogP contribution in [0.3, 0.4) is 0 Å². The number of carbonyl (C=O) groups excluding carboxylic acids is 1. The Balaban J connectivity index is 1.79. The van der Waals surface area contributed by atoms with Gasteiger partial charge in [0.05, 0.1) is 12.5 Å². The van der Waals surface area contributed by atoms with Gasteiger partial charge in [-0.15, -0.1) is 0 Å². The fourth-order valence-electron chi connectivity index (χ4n) is 3.61. The lowest BCUT2D eigenvalue weighted by molar-refractivity contribution is -0.121. The van der Waals surface area contributed by atoms with Crippen LogP contribution in [0.25, 0.3) is 0 Å². The summed E-state index contributed by atoms with van der Waals surface area (Å²) in [6.45, 7) is 0.951. The third kappa shape index (κ3) is 3.83. The van der Waals surface area contributed by atoms with E-state index < -0.39 is 5.41 Å². The molecule has 1 aliphatic carbocycles. The zero-order chi connectivity index (χ0) is 18.4. The molecular formula is C21H26N2O3. The van der Waals surface area contributed by atoms with Crippen molar-refractivity contribution in [3.63, 3.8) is 0 Å². The van der Waals surface area contributed by atoms with Crippen LogP contribution in [0.2, 0.25) is 0 Å². The van der Waals surface area contributed by atoms with E-state index in [2.05, 4.69) is 5.32 Å². The van der Waals surface area contributed by atoms with E-state index in [1.54, 1.807) is 7.11 Å². The molecule has 0 spiro atoms. The SMILES string of the molecule is COc1cccc(C2(C(=O)Nc3ccc(OCCN)cc3)CCCC2)c1. The second kappa shape index (κ2) is 8.23. The molecule has 3 rings (SSSR count). The van der Waals surface area contributed by atoms with E-state index in [0.29, 0.717) is 13.2 Å². The zero-order valence-corrected chi connectivity index (χ0v) is 15.2. The van der Waals surface area contributed by atoms with Gasteiger partial charge >= 0.3 is 0 Å². The lowest BCUT2D eigenvalue weighted by Gasteiger charge is -2.28. The second-order valence-corrected chi connectivity index (χ2v) is 6.64. The Bertz CT molecular complexity index is 737. The molecule has 0 heterocycles. The molecule has 1 saturated carbocycles. The molecule has 3 N–H and O–H groups in total. The van der Waals surface area contributed by atoms with Crippen LogP contribution in [0, 0.1) is 0 Å². The quantitative estimate of drug-likeness (QED) is 0.798. The number of benzene rings is 2. The van der Waals surface area contributed by atoms with Crippen molar-refractivity contribution in [2.45, 2.75) is 31.1 Å². The molecule has 0 bridgehead atoms. The van der Waals surface area contributed by atoms with E-state index in [1.165, 1.54) is 0 Å². The average Bonchev–Trinajstić information content (AvgIpc) is 3.19. The highest BCUT2D eigenvalue weighted by Crippen LogP contribution is 2.43. The minimum atomic E-state index is -0.497. The molecule has 0 atom stereocenters. The van der Waals surface area contributed by atoms with Crippen LogP contribution in [0.1, 0.15) is 31.2 Å². The van der Waals surface area contributed by atoms with Crippen molar-refractivity contribution < 1.29 is 14.3 Å². The highest BCUT2D eigenvalue weighted by Gasteiger charge is 2.42. The fourth-order valence-corrected chi connectivity index (χ4v) is 3.61. The van der Waals surface area contributed by atoms with Gasteiger partial charge in [0.15, 0.2) is 0 Å². The number of hydrogen-bond acceptors (Lipinski definition) is 4. The maximum Gasteiger partial charge on any atom is 0.235 e. The summed E-state index contributed by atoms with van der Waals surface area (Å²) in [5, 5.41) is 3.08. The largest absolute Gasteiger partial charge is 0.497 e. The average molecular weight is 354 g/mol. The standard InChI is InChI=1S/C21H26N2O3/c1-25-19-6-4-5-16(15-19)21(11-2-3-12-21)20(24)23-17-7-9-18(10-8-17)26-14-13-22/h4-10,15H,2-3,11-14,22H2,1H3,(H,23,24). The first kappa shape index (κ1) is 18.3. The predicted molar refractivity (Wildman–Crippen MR) is 103 cm³/mol. The second-order valence-electron chi connectivity index (χ2n) is 6.64. The van der Waals surface area contributed by atoms with Crippen LogP contribution in [0.5, 0.6) is 11.5 Å². The van der Waals surface area contributed by atoms with Crippen LogP contribution in [-0.4, -0.2) is 26.2 Å². The zero-order valence-electron chi connectivity index (χ0n) is 15.2. The number of anilines is 1. The number of hydrogen-bond donors (Lipinski definition) is 2. The maximum absolute atomic E-state index is 13.2. The van der Waals surface area contributed by atoms with Crippen molar-refractivity contribution in [1.29, 1.82) is 0 Å². The number of nitrogens with two attached hydrogens (primary N) is 1. The van der Waals surface area contributed by atoms with Gasteiger partial charge in [-0.2, -0.15) is 0 Å². The van der Waals surface area contributed by atoms with Gasteiger partial charge in [-0.05, 0) is 54.8 Å². The number of carbonyl (C=O) groups is 1. The summed E-state index contributed by atoms with van der Waals surface area (Å²) in [7, 11) is 1.65. The first-order valence-corrected chi connectivity index (χ1v) is 9.07. The van der Waals surface area contributed by atoms with E-state index in [4.69, 9.17) is 15.2 Å². The molecule has 1 fully saturated rings. The van der Waals surface area contributed by atoms with Gasteiger partial charge in [0.25, 0.3) is 0 Å². The molecule has 26 heavy (non-hydrogen) atoms. The highest BCUT2D eigenvalue weighted by atomic mass is 16.5. The van der Waals surface area contributed by atoms with Gasteiger partial charge in [-0.25, -0.2) is 0 Å². The number of nitrogens with one attached hydrogen (secondary N) is 1. The lowest BCUT2D eigenvalue weighted by atomic mass is 9.78. The summed E-state index contributed by atoms with van der Waals surface area (Å²) >= 11 is 0. The summed E-state index contributed by atoms with van der Waals surface area (Å²) in [5.74, 6) is 1.57. The summed E-state index contributed by atoms with van der Waals surface area (Å²) < 4.78 is 10.8. The van der Waals surface area contributed by atoms with Crippen molar-refractivity contribution in [2.24, 2.45) is 5.73 Å². The third-order valence-electron chi connectivity index (χ3n) is 5.01. The topological polar surface area (TPSA) is 73.6 Å². The summed E-state index contributed by atoms with van der Waals surface area (Å²) in [4.78, 5) is 13.2. The first-order chi connectivity index (χ1) is 12.7. The minimum Gasteiger partial charge on any atom is -0.497 e. The Labute approximate surface area is 154 Å². The van der Waals surface area contributed by atoms with Gasteiger partial charge in [0.1, 0.15) is 18.1 Å². The van der Waals surface area contributed by atoms with Crippen LogP contribution < -0.4 is 20.5 Å². The molecular weight excluding hydrogens is 328 g/mol. The Kier molecular flexibility index (Phi) is 5.78. The molecule has 0 saturated heterocycles. The summed E-state index contributed by atoms with van der Waals surface area (Å²) in [6.07, 6.45) is 3.81. The van der Waals surface area contributed by atoms with E-state index in [1.807, 2.05) is 48.5 Å². The smallest absolute Gasteiger partial charge is 0.235 e. The molecule has 1 amide bonds. The van der Waals surface area contributed by atoms with Crippen molar-refractivity contribution in [1.82, 2.24) is 0 Å². The van der Waals surface area contributed by atoms with Crippen LogP contribution in [0.15, 0.2) is 48.5 Å². The molecule has 2 aromatic rings. The van der Waals surface area contributed by atoms with E-state index in [9.17, 15) is 4.79 Å². The fraction of sp³-hybridized carbons (Fsp3) is 0.381. The van der Waals surface area contributed by atoms with E-state index in [0.717, 1.165) is 48.4 Å². The van der Waals surface area contributed by atoms with Gasteiger partial charge < -0.3 is 20.5 Å². The van der Waals surface area contributed by atoms with Crippen molar-refractivity contribution in [2.75, 3.05) is 25.6 Å². The number of ether oxygens (including phenoxy) is 2. The molecule has 0 aromatic heterocycles. The molecule has 0 radical (unpaired) electrons. The molecule has 138 valence electrons. The predicted octanol–water partition coefficient (Wildman–Crippen LogP) is 3.48. The third-order valence-corrected chi connectivity index (χ3v) is 5.01. The van der Waals surface area contributed by atoms with Gasteiger partial charge in [0.2, 0.25) is 5.91 Å².